The number of carbonyl (C=O) groups is 1. The number of hydrogen-bond donors (Lipinski definition) is 1. The lowest BCUT2D eigenvalue weighted by atomic mass is 9.96. The van der Waals surface area contributed by atoms with Crippen LogP contribution in [0.2, 0.25) is 4.34 Å². The third-order valence-electron chi connectivity index (χ3n) is 3.88. The first-order valence-electron chi connectivity index (χ1n) is 6.92. The second-order valence-corrected chi connectivity index (χ2v) is 7.72. The van der Waals surface area contributed by atoms with Crippen LogP contribution in [0.4, 0.5) is 0 Å². The van der Waals surface area contributed by atoms with Crippen molar-refractivity contribution in [1.29, 1.82) is 0 Å². The minimum absolute atomic E-state index is 0.00449. The van der Waals surface area contributed by atoms with Crippen LogP contribution in [0.5, 0.6) is 0 Å². The molecule has 3 nitrogen and oxygen atoms in total. The van der Waals surface area contributed by atoms with Crippen molar-refractivity contribution in [3.8, 4) is 0 Å². The summed E-state index contributed by atoms with van der Waals surface area (Å²) in [5, 5.41) is 13.7. The summed E-state index contributed by atoms with van der Waals surface area (Å²) < 4.78 is 0.745. The Hall–Kier alpha value is -0.880. The van der Waals surface area contributed by atoms with Crippen molar-refractivity contribution in [2.45, 2.75) is 31.3 Å². The predicted octanol–water partition coefficient (Wildman–Crippen LogP) is 4.49. The number of thiophene rings is 2. The minimum atomic E-state index is -0.724. The molecule has 6 heteroatoms. The Labute approximate surface area is 136 Å². The first kappa shape index (κ1) is 15.0. The lowest BCUT2D eigenvalue weighted by Gasteiger charge is -2.38. The molecule has 1 aliphatic heterocycles. The highest BCUT2D eigenvalue weighted by Gasteiger charge is 2.35. The number of carboxylic acid groups (broad SMARTS) is 1. The number of aliphatic carboxylic acids is 1. The lowest BCUT2D eigenvalue weighted by molar-refractivity contribution is -0.145. The maximum Gasteiger partial charge on any atom is 0.320 e. The smallest absolute Gasteiger partial charge is 0.320 e. The van der Waals surface area contributed by atoms with E-state index in [0.717, 1.165) is 40.6 Å². The van der Waals surface area contributed by atoms with Gasteiger partial charge in [-0.25, -0.2) is 0 Å². The third-order valence-corrected chi connectivity index (χ3v) is 5.87. The number of nitrogens with zero attached hydrogens (tertiary/aromatic N) is 1. The number of piperidine rings is 1. The molecule has 3 rings (SSSR count). The lowest BCUT2D eigenvalue weighted by Crippen LogP contribution is -2.46. The van der Waals surface area contributed by atoms with Gasteiger partial charge in [0.15, 0.2) is 0 Å². The van der Waals surface area contributed by atoms with Crippen LogP contribution < -0.4 is 0 Å². The summed E-state index contributed by atoms with van der Waals surface area (Å²) in [6.07, 6.45) is 2.74. The zero-order valence-electron chi connectivity index (χ0n) is 11.4. The van der Waals surface area contributed by atoms with Crippen LogP contribution in [0.25, 0.3) is 0 Å². The molecule has 2 aromatic heterocycles. The van der Waals surface area contributed by atoms with E-state index in [-0.39, 0.29) is 6.04 Å². The average Bonchev–Trinajstić information content (AvgIpc) is 3.12. The van der Waals surface area contributed by atoms with Gasteiger partial charge in [0, 0.05) is 4.88 Å². The number of carboxylic acids is 1. The fourth-order valence-corrected chi connectivity index (χ4v) is 4.84. The van der Waals surface area contributed by atoms with Gasteiger partial charge in [-0.2, -0.15) is 11.3 Å². The quantitative estimate of drug-likeness (QED) is 0.890. The average molecular weight is 342 g/mol. The van der Waals surface area contributed by atoms with Crippen molar-refractivity contribution in [1.82, 2.24) is 4.90 Å². The molecule has 0 aliphatic carbocycles. The van der Waals surface area contributed by atoms with Crippen molar-refractivity contribution in [2.75, 3.05) is 6.54 Å². The number of rotatable bonds is 4. The zero-order valence-corrected chi connectivity index (χ0v) is 13.8. The molecule has 0 aromatic carbocycles. The first-order valence-corrected chi connectivity index (χ1v) is 9.06. The zero-order chi connectivity index (χ0) is 14.8. The first-order chi connectivity index (χ1) is 10.2. The Morgan fingerprint density at radius 3 is 2.86 bits per heavy atom. The van der Waals surface area contributed by atoms with Crippen LogP contribution in [-0.2, 0) is 4.79 Å². The van der Waals surface area contributed by atoms with Gasteiger partial charge in [-0.3, -0.25) is 9.69 Å². The molecular weight excluding hydrogens is 326 g/mol. The van der Waals surface area contributed by atoms with E-state index in [1.165, 1.54) is 11.3 Å². The van der Waals surface area contributed by atoms with Gasteiger partial charge < -0.3 is 5.11 Å². The molecular formula is C15H16ClNO2S2. The van der Waals surface area contributed by atoms with Crippen molar-refractivity contribution < 1.29 is 9.90 Å². The fourth-order valence-electron chi connectivity index (χ4n) is 2.95. The predicted molar refractivity (Wildman–Crippen MR) is 87.5 cm³/mol. The van der Waals surface area contributed by atoms with E-state index in [0.29, 0.717) is 0 Å². The monoisotopic (exact) mass is 341 g/mol. The summed E-state index contributed by atoms with van der Waals surface area (Å²) in [7, 11) is 0. The third kappa shape index (κ3) is 3.16. The molecule has 2 aromatic rings. The number of halogens is 1. The van der Waals surface area contributed by atoms with Gasteiger partial charge in [0.25, 0.3) is 0 Å². The molecule has 2 atom stereocenters. The van der Waals surface area contributed by atoms with E-state index in [1.54, 1.807) is 11.3 Å². The summed E-state index contributed by atoms with van der Waals surface area (Å²) in [5.74, 6) is -0.724. The highest BCUT2D eigenvalue weighted by molar-refractivity contribution is 7.16. The van der Waals surface area contributed by atoms with Gasteiger partial charge in [-0.1, -0.05) is 18.0 Å². The molecule has 112 valence electrons. The van der Waals surface area contributed by atoms with Crippen LogP contribution in [0, 0.1) is 0 Å². The molecule has 2 unspecified atom stereocenters. The molecule has 1 N–H and O–H groups in total. The van der Waals surface area contributed by atoms with Gasteiger partial charge in [0.05, 0.1) is 10.4 Å². The molecule has 3 heterocycles. The molecule has 0 saturated carbocycles. The van der Waals surface area contributed by atoms with E-state index >= 15 is 0 Å². The Morgan fingerprint density at radius 2 is 2.24 bits per heavy atom. The fraction of sp³-hybridized carbons (Fsp3) is 0.400. The summed E-state index contributed by atoms with van der Waals surface area (Å²) >= 11 is 9.27. The molecule has 0 spiro atoms. The standard InChI is InChI=1S/C15H16ClNO2S2/c16-13-5-4-12(21-13)14(10-6-8-20-9-10)17-7-2-1-3-11(17)15(18)19/h4-6,8-9,11,14H,1-3,7H2,(H,18,19). The van der Waals surface area contributed by atoms with Crippen LogP contribution in [0.15, 0.2) is 29.0 Å². The molecule has 21 heavy (non-hydrogen) atoms. The van der Waals surface area contributed by atoms with Crippen LogP contribution in [-0.4, -0.2) is 28.6 Å². The number of hydrogen-bond acceptors (Lipinski definition) is 4. The highest BCUT2D eigenvalue weighted by Crippen LogP contribution is 2.39. The Morgan fingerprint density at radius 1 is 1.38 bits per heavy atom. The van der Waals surface area contributed by atoms with Gasteiger partial charge in [-0.05, 0) is 53.9 Å². The summed E-state index contributed by atoms with van der Waals surface area (Å²) in [4.78, 5) is 14.9. The topological polar surface area (TPSA) is 40.5 Å². The molecule has 1 fully saturated rings. The van der Waals surface area contributed by atoms with Crippen LogP contribution in [0.3, 0.4) is 0 Å². The molecule has 1 saturated heterocycles. The van der Waals surface area contributed by atoms with E-state index < -0.39 is 12.0 Å². The summed E-state index contributed by atoms with van der Waals surface area (Å²) in [5.41, 5.74) is 1.16. The second kappa shape index (κ2) is 6.48. The Balaban J connectivity index is 2.00. The Bertz CT molecular complexity index is 611. The number of likely N-dealkylation sites (tertiary alicyclic amines) is 1. The van der Waals surface area contributed by atoms with Crippen LogP contribution in [0.1, 0.15) is 35.7 Å². The van der Waals surface area contributed by atoms with Gasteiger partial charge in [-0.15, -0.1) is 11.3 Å². The Kier molecular flexibility index (Phi) is 4.64. The van der Waals surface area contributed by atoms with E-state index in [4.69, 9.17) is 11.6 Å². The SMILES string of the molecule is O=C(O)C1CCCCN1C(c1ccsc1)c1ccc(Cl)s1. The molecule has 0 bridgehead atoms. The second-order valence-electron chi connectivity index (χ2n) is 5.19. The maximum absolute atomic E-state index is 11.6. The summed E-state index contributed by atoms with van der Waals surface area (Å²) in [6.45, 7) is 0.812. The molecule has 0 amide bonds. The maximum atomic E-state index is 11.6. The van der Waals surface area contributed by atoms with E-state index in [9.17, 15) is 9.90 Å². The minimum Gasteiger partial charge on any atom is -0.480 e. The normalized spacial score (nSPS) is 21.3. The van der Waals surface area contributed by atoms with Gasteiger partial charge in [0.2, 0.25) is 0 Å². The van der Waals surface area contributed by atoms with Gasteiger partial charge in [0.1, 0.15) is 6.04 Å². The molecule has 1 aliphatic rings. The van der Waals surface area contributed by atoms with Crippen molar-refractivity contribution in [3.05, 3.63) is 43.7 Å². The van der Waals surface area contributed by atoms with Crippen LogP contribution >= 0.6 is 34.3 Å². The van der Waals surface area contributed by atoms with E-state index in [1.807, 2.05) is 17.5 Å². The highest BCUT2D eigenvalue weighted by atomic mass is 35.5. The van der Waals surface area contributed by atoms with Gasteiger partial charge >= 0.3 is 5.97 Å². The van der Waals surface area contributed by atoms with Crippen molar-refractivity contribution in [3.63, 3.8) is 0 Å². The van der Waals surface area contributed by atoms with E-state index in [2.05, 4.69) is 16.3 Å². The van der Waals surface area contributed by atoms with Crippen molar-refractivity contribution in [2.24, 2.45) is 0 Å². The summed E-state index contributed by atoms with van der Waals surface area (Å²) in [6, 6.07) is 5.57. The largest absolute Gasteiger partial charge is 0.480 e. The van der Waals surface area contributed by atoms with Crippen molar-refractivity contribution >= 4 is 40.2 Å². The molecule has 0 radical (unpaired) electrons.